The number of Topliss-reactive ketones (excluding diaryl/α,β-unsaturated/α-hetero) is 1. The average Bonchev–Trinajstić information content (AvgIpc) is 2.42. The maximum absolute atomic E-state index is 13.2. The molecule has 1 nitrogen and oxygen atoms in total. The van der Waals surface area contributed by atoms with Crippen LogP contribution in [0.5, 0.6) is 0 Å². The lowest BCUT2D eigenvalue weighted by atomic mass is 9.98. The van der Waals surface area contributed by atoms with Crippen LogP contribution in [0, 0.1) is 19.7 Å². The second-order valence-electron chi connectivity index (χ2n) is 5.21. The molecule has 0 unspecified atom stereocenters. The van der Waals surface area contributed by atoms with Crippen molar-refractivity contribution in [1.82, 2.24) is 0 Å². The Kier molecular flexibility index (Phi) is 4.67. The molecule has 20 heavy (non-hydrogen) atoms. The van der Waals surface area contributed by atoms with E-state index in [1.54, 1.807) is 6.07 Å². The van der Waals surface area contributed by atoms with Crippen LogP contribution in [-0.4, -0.2) is 5.78 Å². The fourth-order valence-corrected chi connectivity index (χ4v) is 2.30. The Labute approximate surface area is 119 Å². The summed E-state index contributed by atoms with van der Waals surface area (Å²) in [5.74, 6) is -0.126. The summed E-state index contributed by atoms with van der Waals surface area (Å²) in [7, 11) is 0. The number of hydrogen-bond acceptors (Lipinski definition) is 1. The van der Waals surface area contributed by atoms with Crippen molar-refractivity contribution in [2.75, 3.05) is 0 Å². The zero-order valence-electron chi connectivity index (χ0n) is 11.9. The summed E-state index contributed by atoms with van der Waals surface area (Å²) in [6, 6.07) is 12.7. The van der Waals surface area contributed by atoms with Crippen LogP contribution in [0.25, 0.3) is 0 Å². The standard InChI is InChI=1S/C18H19FO/c1-13-5-3-4-6-15(13)8-10-18(20)12-16-11-17(19)9-7-14(16)2/h3-7,9,11H,8,10,12H2,1-2H3. The van der Waals surface area contributed by atoms with Crippen molar-refractivity contribution in [3.8, 4) is 0 Å². The van der Waals surface area contributed by atoms with Gasteiger partial charge in [-0.05, 0) is 54.7 Å². The lowest BCUT2D eigenvalue weighted by Crippen LogP contribution is -2.06. The van der Waals surface area contributed by atoms with Crippen LogP contribution in [0.2, 0.25) is 0 Å². The Morgan fingerprint density at radius 1 is 1.00 bits per heavy atom. The molecular weight excluding hydrogens is 251 g/mol. The number of ketones is 1. The number of rotatable bonds is 5. The minimum Gasteiger partial charge on any atom is -0.299 e. The highest BCUT2D eigenvalue weighted by Crippen LogP contribution is 2.14. The summed E-state index contributed by atoms with van der Waals surface area (Å²) >= 11 is 0. The van der Waals surface area contributed by atoms with Crippen LogP contribution in [0.15, 0.2) is 42.5 Å². The van der Waals surface area contributed by atoms with E-state index in [1.165, 1.54) is 23.3 Å². The van der Waals surface area contributed by atoms with Crippen LogP contribution in [0.3, 0.4) is 0 Å². The largest absolute Gasteiger partial charge is 0.299 e. The first-order valence-electron chi connectivity index (χ1n) is 6.87. The smallest absolute Gasteiger partial charge is 0.137 e. The predicted octanol–water partition coefficient (Wildman–Crippen LogP) is 4.19. The van der Waals surface area contributed by atoms with Gasteiger partial charge in [0.2, 0.25) is 0 Å². The van der Waals surface area contributed by atoms with E-state index in [1.807, 2.05) is 19.1 Å². The van der Waals surface area contributed by atoms with Gasteiger partial charge in [-0.3, -0.25) is 4.79 Å². The summed E-state index contributed by atoms with van der Waals surface area (Å²) < 4.78 is 13.2. The molecule has 0 aliphatic carbocycles. The molecule has 2 heteroatoms. The Balaban J connectivity index is 1.96. The first kappa shape index (κ1) is 14.4. The van der Waals surface area contributed by atoms with Crippen molar-refractivity contribution in [3.63, 3.8) is 0 Å². The van der Waals surface area contributed by atoms with E-state index in [0.29, 0.717) is 12.8 Å². The molecule has 0 heterocycles. The van der Waals surface area contributed by atoms with Crippen LogP contribution in [0.4, 0.5) is 4.39 Å². The van der Waals surface area contributed by atoms with Gasteiger partial charge in [0.05, 0.1) is 0 Å². The lowest BCUT2D eigenvalue weighted by molar-refractivity contribution is -0.118. The second-order valence-corrected chi connectivity index (χ2v) is 5.21. The van der Waals surface area contributed by atoms with Gasteiger partial charge in [-0.25, -0.2) is 4.39 Å². The maximum Gasteiger partial charge on any atom is 0.137 e. The fourth-order valence-electron chi connectivity index (χ4n) is 2.30. The van der Waals surface area contributed by atoms with E-state index in [0.717, 1.165) is 17.5 Å². The minimum atomic E-state index is -0.280. The molecule has 0 atom stereocenters. The molecular formula is C18H19FO. The van der Waals surface area contributed by atoms with E-state index < -0.39 is 0 Å². The molecule has 2 aromatic rings. The van der Waals surface area contributed by atoms with Crippen LogP contribution in [0.1, 0.15) is 28.7 Å². The number of carbonyl (C=O) groups is 1. The average molecular weight is 270 g/mol. The quantitative estimate of drug-likeness (QED) is 0.796. The summed E-state index contributed by atoms with van der Waals surface area (Å²) in [6.07, 6.45) is 1.57. The molecule has 2 aromatic carbocycles. The van der Waals surface area contributed by atoms with Gasteiger partial charge in [-0.15, -0.1) is 0 Å². The van der Waals surface area contributed by atoms with E-state index in [2.05, 4.69) is 19.1 Å². The highest BCUT2D eigenvalue weighted by Gasteiger charge is 2.08. The molecule has 104 valence electrons. The normalized spacial score (nSPS) is 10.6. The topological polar surface area (TPSA) is 17.1 Å². The van der Waals surface area contributed by atoms with Gasteiger partial charge in [0, 0.05) is 12.8 Å². The third-order valence-electron chi connectivity index (χ3n) is 3.63. The van der Waals surface area contributed by atoms with Gasteiger partial charge in [-0.1, -0.05) is 30.3 Å². The number of carbonyl (C=O) groups excluding carboxylic acids is 1. The monoisotopic (exact) mass is 270 g/mol. The molecule has 0 amide bonds. The summed E-state index contributed by atoms with van der Waals surface area (Å²) in [5.41, 5.74) is 4.18. The molecule has 0 radical (unpaired) electrons. The van der Waals surface area contributed by atoms with E-state index in [-0.39, 0.29) is 11.6 Å². The van der Waals surface area contributed by atoms with Crippen molar-refractivity contribution in [2.45, 2.75) is 33.1 Å². The predicted molar refractivity (Wildman–Crippen MR) is 79.3 cm³/mol. The molecule has 0 aliphatic heterocycles. The van der Waals surface area contributed by atoms with Gasteiger partial charge < -0.3 is 0 Å². The Morgan fingerprint density at radius 3 is 2.45 bits per heavy atom. The highest BCUT2D eigenvalue weighted by molar-refractivity contribution is 5.81. The Hall–Kier alpha value is -1.96. The number of hydrogen-bond donors (Lipinski definition) is 0. The van der Waals surface area contributed by atoms with Crippen molar-refractivity contribution >= 4 is 5.78 Å². The van der Waals surface area contributed by atoms with Crippen molar-refractivity contribution in [2.24, 2.45) is 0 Å². The lowest BCUT2D eigenvalue weighted by Gasteiger charge is -2.07. The van der Waals surface area contributed by atoms with Crippen LogP contribution < -0.4 is 0 Å². The molecule has 0 aromatic heterocycles. The molecule has 0 aliphatic rings. The van der Waals surface area contributed by atoms with Gasteiger partial charge in [0.15, 0.2) is 0 Å². The van der Waals surface area contributed by atoms with Gasteiger partial charge in [0.1, 0.15) is 11.6 Å². The molecule has 0 saturated heterocycles. The van der Waals surface area contributed by atoms with E-state index in [4.69, 9.17) is 0 Å². The zero-order chi connectivity index (χ0) is 14.5. The van der Waals surface area contributed by atoms with E-state index >= 15 is 0 Å². The Morgan fingerprint density at radius 2 is 1.70 bits per heavy atom. The first-order chi connectivity index (χ1) is 9.56. The number of halogens is 1. The summed E-state index contributed by atoms with van der Waals surface area (Å²) in [5, 5.41) is 0. The van der Waals surface area contributed by atoms with Crippen molar-refractivity contribution < 1.29 is 9.18 Å². The second kappa shape index (κ2) is 6.47. The first-order valence-corrected chi connectivity index (χ1v) is 6.87. The molecule has 0 bridgehead atoms. The zero-order valence-corrected chi connectivity index (χ0v) is 11.9. The highest BCUT2D eigenvalue weighted by atomic mass is 19.1. The van der Waals surface area contributed by atoms with Gasteiger partial charge in [-0.2, -0.15) is 0 Å². The van der Waals surface area contributed by atoms with Crippen LogP contribution >= 0.6 is 0 Å². The van der Waals surface area contributed by atoms with Crippen LogP contribution in [-0.2, 0) is 17.6 Å². The molecule has 2 rings (SSSR count). The van der Waals surface area contributed by atoms with Crippen molar-refractivity contribution in [1.29, 1.82) is 0 Å². The third-order valence-corrected chi connectivity index (χ3v) is 3.63. The maximum atomic E-state index is 13.2. The molecule has 0 spiro atoms. The van der Waals surface area contributed by atoms with E-state index in [9.17, 15) is 9.18 Å². The summed E-state index contributed by atoms with van der Waals surface area (Å²) in [6.45, 7) is 3.96. The fraction of sp³-hybridized carbons (Fsp3) is 0.278. The third kappa shape index (κ3) is 3.77. The SMILES string of the molecule is Cc1ccccc1CCC(=O)Cc1cc(F)ccc1C. The Bertz CT molecular complexity index is 617. The summed E-state index contributed by atoms with van der Waals surface area (Å²) in [4.78, 5) is 12.0. The number of aryl methyl sites for hydroxylation is 3. The minimum absolute atomic E-state index is 0.155. The molecule has 0 fully saturated rings. The van der Waals surface area contributed by atoms with Gasteiger partial charge >= 0.3 is 0 Å². The van der Waals surface area contributed by atoms with Crippen molar-refractivity contribution in [3.05, 3.63) is 70.5 Å². The molecule has 0 saturated carbocycles. The molecule has 0 N–H and O–H groups in total. The number of benzene rings is 2. The van der Waals surface area contributed by atoms with Gasteiger partial charge in [0.25, 0.3) is 0 Å².